The molecule has 0 bridgehead atoms. The Balaban J connectivity index is 1.72. The Morgan fingerprint density at radius 1 is 1.35 bits per heavy atom. The molecule has 0 unspecified atom stereocenters. The highest BCUT2D eigenvalue weighted by molar-refractivity contribution is 7.10. The largest absolute Gasteiger partial charge is 0.376 e. The van der Waals surface area contributed by atoms with Crippen molar-refractivity contribution in [3.63, 3.8) is 0 Å². The zero-order valence-corrected chi connectivity index (χ0v) is 13.9. The molecular weight excluding hydrogens is 308 g/mol. The minimum Gasteiger partial charge on any atom is -0.376 e. The van der Waals surface area contributed by atoms with Crippen molar-refractivity contribution in [1.82, 2.24) is 4.90 Å². The highest BCUT2D eigenvalue weighted by Crippen LogP contribution is 2.37. The van der Waals surface area contributed by atoms with Gasteiger partial charge in [0.25, 0.3) is 5.91 Å². The van der Waals surface area contributed by atoms with E-state index in [4.69, 9.17) is 4.74 Å². The van der Waals surface area contributed by atoms with E-state index in [1.807, 2.05) is 29.2 Å². The van der Waals surface area contributed by atoms with Gasteiger partial charge in [-0.2, -0.15) is 0 Å². The molecule has 1 aromatic heterocycles. The second-order valence-electron chi connectivity index (χ2n) is 6.15. The fourth-order valence-electron chi connectivity index (χ4n) is 3.36. The summed E-state index contributed by atoms with van der Waals surface area (Å²) < 4.78 is 5.77. The van der Waals surface area contributed by atoms with Crippen LogP contribution < -0.4 is 5.32 Å². The summed E-state index contributed by atoms with van der Waals surface area (Å²) in [6.45, 7) is 3.55. The van der Waals surface area contributed by atoms with Crippen LogP contribution in [0.2, 0.25) is 0 Å². The van der Waals surface area contributed by atoms with Gasteiger partial charge >= 0.3 is 0 Å². The maximum atomic E-state index is 13.1. The molecule has 1 aromatic carbocycles. The van der Waals surface area contributed by atoms with E-state index in [2.05, 4.69) is 23.7 Å². The Hall–Kier alpha value is -1.85. The summed E-state index contributed by atoms with van der Waals surface area (Å²) in [5, 5.41) is 5.64. The molecule has 2 aliphatic rings. The van der Waals surface area contributed by atoms with Crippen LogP contribution in [0.5, 0.6) is 0 Å². The van der Waals surface area contributed by atoms with Gasteiger partial charge in [-0.3, -0.25) is 4.79 Å². The normalized spacial score (nSPS) is 23.7. The van der Waals surface area contributed by atoms with Crippen molar-refractivity contribution in [1.29, 1.82) is 0 Å². The number of fused-ring (bicyclic) bond motifs is 1. The third-order valence-electron chi connectivity index (χ3n) is 4.60. The van der Waals surface area contributed by atoms with E-state index in [0.29, 0.717) is 6.54 Å². The van der Waals surface area contributed by atoms with Gasteiger partial charge in [0.15, 0.2) is 0 Å². The van der Waals surface area contributed by atoms with Crippen LogP contribution in [0.4, 0.5) is 5.69 Å². The number of nitrogens with one attached hydrogen (secondary N) is 1. The zero-order valence-electron chi connectivity index (χ0n) is 13.1. The van der Waals surface area contributed by atoms with E-state index in [1.165, 1.54) is 10.4 Å². The van der Waals surface area contributed by atoms with E-state index in [-0.39, 0.29) is 18.2 Å². The molecule has 0 saturated carbocycles. The molecule has 4 nitrogen and oxygen atoms in total. The number of carbonyl (C=O) groups excluding carboxylic acids is 1. The molecule has 1 N–H and O–H groups in total. The number of benzene rings is 1. The first-order valence-electron chi connectivity index (χ1n) is 8.06. The van der Waals surface area contributed by atoms with Crippen molar-refractivity contribution >= 4 is 22.9 Å². The molecule has 2 aromatic rings. The summed E-state index contributed by atoms with van der Waals surface area (Å²) in [7, 11) is 0. The molecule has 0 aliphatic carbocycles. The lowest BCUT2D eigenvalue weighted by Gasteiger charge is -2.39. The minimum absolute atomic E-state index is 0.0904. The Morgan fingerprint density at radius 2 is 2.22 bits per heavy atom. The first-order chi connectivity index (χ1) is 11.2. The van der Waals surface area contributed by atoms with Crippen LogP contribution in [0.15, 0.2) is 35.7 Å². The predicted octanol–water partition coefficient (Wildman–Crippen LogP) is 3.80. The minimum atomic E-state index is -0.110. The lowest BCUT2D eigenvalue weighted by atomic mass is 10.0. The van der Waals surface area contributed by atoms with E-state index >= 15 is 0 Å². The van der Waals surface area contributed by atoms with Crippen molar-refractivity contribution in [2.75, 3.05) is 18.5 Å². The standard InChI is InChI=1S/C18H20N2O2S/c1-12-8-10-23-16(12)17-19-15-7-3-2-6-14(15)18(21)20(17)11-13-5-4-9-22-13/h2-3,6-8,10,13,17,19H,4-5,9,11H2,1H3/t13-,17-/m1/s1. The average Bonchev–Trinajstić information content (AvgIpc) is 3.22. The average molecular weight is 328 g/mol. The highest BCUT2D eigenvalue weighted by atomic mass is 32.1. The van der Waals surface area contributed by atoms with Crippen LogP contribution in [-0.4, -0.2) is 30.1 Å². The number of rotatable bonds is 3. The van der Waals surface area contributed by atoms with Crippen molar-refractivity contribution < 1.29 is 9.53 Å². The van der Waals surface area contributed by atoms with Gasteiger partial charge in [0, 0.05) is 18.8 Å². The smallest absolute Gasteiger partial charge is 0.257 e. The number of anilines is 1. The number of hydrogen-bond acceptors (Lipinski definition) is 4. The molecule has 0 spiro atoms. The molecular formula is C18H20N2O2S. The van der Waals surface area contributed by atoms with Gasteiger partial charge in [-0.25, -0.2) is 0 Å². The van der Waals surface area contributed by atoms with Gasteiger partial charge in [-0.05, 0) is 48.9 Å². The van der Waals surface area contributed by atoms with Crippen LogP contribution in [0.1, 0.15) is 39.8 Å². The Morgan fingerprint density at radius 3 is 2.96 bits per heavy atom. The molecule has 0 radical (unpaired) electrons. The molecule has 1 amide bonds. The van der Waals surface area contributed by atoms with E-state index in [1.54, 1.807) is 11.3 Å². The monoisotopic (exact) mass is 328 g/mol. The summed E-state index contributed by atoms with van der Waals surface area (Å²) in [4.78, 5) is 16.2. The van der Waals surface area contributed by atoms with Gasteiger partial charge in [0.05, 0.1) is 16.5 Å². The van der Waals surface area contributed by atoms with E-state index in [9.17, 15) is 4.79 Å². The fraction of sp³-hybridized carbons (Fsp3) is 0.389. The van der Waals surface area contributed by atoms with Crippen LogP contribution in [-0.2, 0) is 4.74 Å². The second kappa shape index (κ2) is 5.98. The summed E-state index contributed by atoms with van der Waals surface area (Å²) >= 11 is 1.70. The first-order valence-corrected chi connectivity index (χ1v) is 8.94. The molecule has 2 aliphatic heterocycles. The van der Waals surface area contributed by atoms with Gasteiger partial charge in [-0.1, -0.05) is 12.1 Å². The molecule has 5 heteroatoms. The number of ether oxygens (including phenoxy) is 1. The van der Waals surface area contributed by atoms with Gasteiger partial charge in [-0.15, -0.1) is 11.3 Å². The number of carbonyl (C=O) groups is 1. The summed E-state index contributed by atoms with van der Waals surface area (Å²) in [5.74, 6) is 0.0904. The molecule has 23 heavy (non-hydrogen) atoms. The Kier molecular flexibility index (Phi) is 3.83. The van der Waals surface area contributed by atoms with Crippen molar-refractivity contribution in [2.45, 2.75) is 32.0 Å². The lowest BCUT2D eigenvalue weighted by Crippen LogP contribution is -2.46. The van der Waals surface area contributed by atoms with Crippen molar-refractivity contribution in [2.24, 2.45) is 0 Å². The number of thiophene rings is 1. The maximum Gasteiger partial charge on any atom is 0.257 e. The molecule has 4 rings (SSSR count). The van der Waals surface area contributed by atoms with Gasteiger partial charge in [0.2, 0.25) is 0 Å². The number of para-hydroxylation sites is 1. The Bertz CT molecular complexity index is 721. The van der Waals surface area contributed by atoms with Gasteiger partial charge < -0.3 is 15.0 Å². The first kappa shape index (κ1) is 14.7. The molecule has 1 saturated heterocycles. The van der Waals surface area contributed by atoms with Gasteiger partial charge in [0.1, 0.15) is 6.17 Å². The van der Waals surface area contributed by atoms with Crippen LogP contribution in [0.25, 0.3) is 0 Å². The summed E-state index contributed by atoms with van der Waals surface area (Å²) in [5.41, 5.74) is 2.88. The molecule has 120 valence electrons. The fourth-order valence-corrected chi connectivity index (χ4v) is 4.35. The number of nitrogens with zero attached hydrogens (tertiary/aromatic N) is 1. The van der Waals surface area contributed by atoms with Crippen molar-refractivity contribution in [3.8, 4) is 0 Å². The number of aryl methyl sites for hydroxylation is 1. The third kappa shape index (κ3) is 2.64. The number of hydrogen-bond donors (Lipinski definition) is 1. The number of amides is 1. The quantitative estimate of drug-likeness (QED) is 0.932. The van der Waals surface area contributed by atoms with Crippen molar-refractivity contribution in [3.05, 3.63) is 51.7 Å². The zero-order chi connectivity index (χ0) is 15.8. The maximum absolute atomic E-state index is 13.1. The lowest BCUT2D eigenvalue weighted by molar-refractivity contribution is 0.0430. The third-order valence-corrected chi connectivity index (χ3v) is 5.67. The molecule has 3 heterocycles. The molecule has 1 fully saturated rings. The van der Waals surface area contributed by atoms with Crippen LogP contribution in [0, 0.1) is 6.92 Å². The SMILES string of the molecule is Cc1ccsc1[C@@H]1Nc2ccccc2C(=O)N1C[C@H]1CCCO1. The highest BCUT2D eigenvalue weighted by Gasteiger charge is 2.36. The van der Waals surface area contributed by atoms with E-state index < -0.39 is 0 Å². The topological polar surface area (TPSA) is 41.6 Å². The predicted molar refractivity (Wildman–Crippen MR) is 91.9 cm³/mol. The second-order valence-corrected chi connectivity index (χ2v) is 7.10. The molecule has 2 atom stereocenters. The Labute approximate surface area is 140 Å². The summed E-state index contributed by atoms with van der Waals surface area (Å²) in [6.07, 6.45) is 2.15. The van der Waals surface area contributed by atoms with Crippen LogP contribution in [0.3, 0.4) is 0 Å². The van der Waals surface area contributed by atoms with Crippen LogP contribution >= 0.6 is 11.3 Å². The summed E-state index contributed by atoms with van der Waals surface area (Å²) in [6, 6.07) is 9.86. The van der Waals surface area contributed by atoms with E-state index in [0.717, 1.165) is 30.7 Å².